The minimum Gasteiger partial charge on any atom is -0.378 e. The van der Waals surface area contributed by atoms with Crippen LogP contribution in [0, 0.1) is 5.92 Å². The summed E-state index contributed by atoms with van der Waals surface area (Å²) in [6.45, 7) is 7.99. The normalized spacial score (nSPS) is 19.9. The van der Waals surface area contributed by atoms with Gasteiger partial charge >= 0.3 is 0 Å². The Morgan fingerprint density at radius 2 is 1.83 bits per heavy atom. The van der Waals surface area contributed by atoms with Crippen molar-refractivity contribution >= 4 is 23.2 Å². The molecule has 30 heavy (non-hydrogen) atoms. The zero-order valence-electron chi connectivity index (χ0n) is 17.7. The van der Waals surface area contributed by atoms with E-state index in [0.717, 1.165) is 23.4 Å². The van der Waals surface area contributed by atoms with E-state index in [2.05, 4.69) is 43.1 Å². The molecule has 2 amide bonds. The molecule has 2 aliphatic heterocycles. The average molecular weight is 428 g/mol. The number of likely N-dealkylation sites (tertiary alicyclic amines) is 1. The van der Waals surface area contributed by atoms with Crippen molar-refractivity contribution in [3.63, 3.8) is 0 Å². The van der Waals surface area contributed by atoms with E-state index >= 15 is 0 Å². The lowest BCUT2D eigenvalue weighted by atomic mass is 9.96. The highest BCUT2D eigenvalue weighted by Crippen LogP contribution is 2.27. The largest absolute Gasteiger partial charge is 0.378 e. The number of aromatic nitrogens is 1. The SMILES string of the molecule is CC(C)c1ccc(-c2nc(C(=O)N3CCCC(C(=O)N4CCOCC4)C3)cs2)cc1. The number of carbonyl (C=O) groups excluding carboxylic acids is 2. The molecule has 6 nitrogen and oxygen atoms in total. The molecule has 0 radical (unpaired) electrons. The van der Waals surface area contributed by atoms with Gasteiger partial charge in [-0.05, 0) is 24.3 Å². The van der Waals surface area contributed by atoms with Crippen LogP contribution < -0.4 is 0 Å². The monoisotopic (exact) mass is 427 g/mol. The maximum Gasteiger partial charge on any atom is 0.273 e. The number of amides is 2. The van der Waals surface area contributed by atoms with Gasteiger partial charge in [0.2, 0.25) is 5.91 Å². The first-order valence-electron chi connectivity index (χ1n) is 10.7. The zero-order chi connectivity index (χ0) is 21.1. The summed E-state index contributed by atoms with van der Waals surface area (Å²) in [6.07, 6.45) is 1.69. The molecule has 1 atom stereocenters. The smallest absolute Gasteiger partial charge is 0.273 e. The molecular formula is C23H29N3O3S. The maximum absolute atomic E-state index is 13.1. The summed E-state index contributed by atoms with van der Waals surface area (Å²) in [6, 6.07) is 8.38. The number of hydrogen-bond donors (Lipinski definition) is 0. The molecule has 7 heteroatoms. The summed E-state index contributed by atoms with van der Waals surface area (Å²) >= 11 is 1.49. The van der Waals surface area contributed by atoms with Crippen LogP contribution in [-0.2, 0) is 9.53 Å². The van der Waals surface area contributed by atoms with Gasteiger partial charge in [-0.1, -0.05) is 38.1 Å². The number of nitrogens with zero attached hydrogens (tertiary/aromatic N) is 3. The van der Waals surface area contributed by atoms with Crippen LogP contribution in [0.4, 0.5) is 0 Å². The number of carbonyl (C=O) groups is 2. The van der Waals surface area contributed by atoms with Crippen molar-refractivity contribution in [1.29, 1.82) is 0 Å². The van der Waals surface area contributed by atoms with Crippen molar-refractivity contribution in [3.05, 3.63) is 40.9 Å². The van der Waals surface area contributed by atoms with Gasteiger partial charge in [0.15, 0.2) is 0 Å². The van der Waals surface area contributed by atoms with E-state index in [1.165, 1.54) is 16.9 Å². The van der Waals surface area contributed by atoms with E-state index in [1.807, 2.05) is 10.3 Å². The topological polar surface area (TPSA) is 62.7 Å². The van der Waals surface area contributed by atoms with Gasteiger partial charge in [0.1, 0.15) is 10.7 Å². The molecule has 0 bridgehead atoms. The Labute approximate surface area is 181 Å². The molecule has 2 aliphatic rings. The minimum atomic E-state index is -0.123. The summed E-state index contributed by atoms with van der Waals surface area (Å²) in [4.78, 5) is 34.2. The summed E-state index contributed by atoms with van der Waals surface area (Å²) < 4.78 is 5.35. The molecule has 4 rings (SSSR count). The number of rotatable bonds is 4. The first-order chi connectivity index (χ1) is 14.5. The molecule has 2 aromatic rings. The quantitative estimate of drug-likeness (QED) is 0.747. The van der Waals surface area contributed by atoms with Gasteiger partial charge in [0, 0.05) is 37.1 Å². The predicted molar refractivity (Wildman–Crippen MR) is 118 cm³/mol. The van der Waals surface area contributed by atoms with Crippen LogP contribution in [0.5, 0.6) is 0 Å². The third-order valence-electron chi connectivity index (χ3n) is 5.93. The van der Waals surface area contributed by atoms with E-state index < -0.39 is 0 Å². The molecule has 1 aromatic carbocycles. The van der Waals surface area contributed by atoms with Crippen molar-refractivity contribution < 1.29 is 14.3 Å². The second-order valence-electron chi connectivity index (χ2n) is 8.34. The fourth-order valence-corrected chi connectivity index (χ4v) is 4.88. The van der Waals surface area contributed by atoms with Crippen molar-refractivity contribution in [2.75, 3.05) is 39.4 Å². The Morgan fingerprint density at radius 1 is 1.10 bits per heavy atom. The third-order valence-corrected chi connectivity index (χ3v) is 6.82. The summed E-state index contributed by atoms with van der Waals surface area (Å²) in [5.74, 6) is 0.443. The van der Waals surface area contributed by atoms with Crippen molar-refractivity contribution in [3.8, 4) is 10.6 Å². The standard InChI is InChI=1S/C23H29N3O3S/c1-16(2)17-5-7-18(8-6-17)21-24-20(15-30-21)23(28)26-9-3-4-19(14-26)22(27)25-10-12-29-13-11-25/h5-8,15-16,19H,3-4,9-14H2,1-2H3. The Morgan fingerprint density at radius 3 is 2.53 bits per heavy atom. The van der Waals surface area contributed by atoms with Gasteiger partial charge in [0.05, 0.1) is 19.1 Å². The Kier molecular flexibility index (Phi) is 6.49. The van der Waals surface area contributed by atoms with Crippen LogP contribution >= 0.6 is 11.3 Å². The molecule has 1 unspecified atom stereocenters. The van der Waals surface area contributed by atoms with Gasteiger partial charge in [-0.3, -0.25) is 9.59 Å². The number of hydrogen-bond acceptors (Lipinski definition) is 5. The van der Waals surface area contributed by atoms with Gasteiger partial charge in [-0.15, -0.1) is 11.3 Å². The molecule has 160 valence electrons. The fraction of sp³-hybridized carbons (Fsp3) is 0.522. The molecular weight excluding hydrogens is 398 g/mol. The van der Waals surface area contributed by atoms with Gasteiger partial charge in [-0.2, -0.15) is 0 Å². The lowest BCUT2D eigenvalue weighted by molar-refractivity contribution is -0.141. The minimum absolute atomic E-state index is 0.0734. The Hall–Kier alpha value is -2.25. The van der Waals surface area contributed by atoms with Gasteiger partial charge in [0.25, 0.3) is 5.91 Å². The highest BCUT2D eigenvalue weighted by molar-refractivity contribution is 7.13. The van der Waals surface area contributed by atoms with Gasteiger partial charge < -0.3 is 14.5 Å². The first-order valence-corrected chi connectivity index (χ1v) is 11.6. The van der Waals surface area contributed by atoms with E-state index in [1.54, 1.807) is 4.90 Å². The van der Waals surface area contributed by atoms with E-state index in [0.29, 0.717) is 51.0 Å². The predicted octanol–water partition coefficient (Wildman–Crippen LogP) is 3.64. The van der Waals surface area contributed by atoms with Crippen LogP contribution in [0.2, 0.25) is 0 Å². The third kappa shape index (κ3) is 4.57. The molecule has 3 heterocycles. The first kappa shape index (κ1) is 21.0. The van der Waals surface area contributed by atoms with Crippen LogP contribution in [0.25, 0.3) is 10.6 Å². The maximum atomic E-state index is 13.1. The summed E-state index contributed by atoms with van der Waals surface area (Å²) in [5.41, 5.74) is 2.79. The van der Waals surface area contributed by atoms with Crippen molar-refractivity contribution in [2.24, 2.45) is 5.92 Å². The highest BCUT2D eigenvalue weighted by Gasteiger charge is 2.32. The molecule has 2 saturated heterocycles. The van der Waals surface area contributed by atoms with Crippen LogP contribution in [0.1, 0.15) is 48.7 Å². The van der Waals surface area contributed by atoms with E-state index in [9.17, 15) is 9.59 Å². The molecule has 2 fully saturated rings. The number of ether oxygens (including phenoxy) is 1. The fourth-order valence-electron chi connectivity index (χ4n) is 4.08. The number of piperidine rings is 1. The molecule has 0 aliphatic carbocycles. The summed E-state index contributed by atoms with van der Waals surface area (Å²) in [5, 5.41) is 2.69. The molecule has 0 saturated carbocycles. The van der Waals surface area contributed by atoms with Gasteiger partial charge in [-0.25, -0.2) is 4.98 Å². The molecule has 0 spiro atoms. The number of benzene rings is 1. The number of thiazole rings is 1. The number of morpholine rings is 1. The average Bonchev–Trinajstić information content (AvgIpc) is 3.29. The van der Waals surface area contributed by atoms with Crippen molar-refractivity contribution in [1.82, 2.24) is 14.8 Å². The molecule has 1 aromatic heterocycles. The Bertz CT molecular complexity index is 887. The van der Waals surface area contributed by atoms with Crippen LogP contribution in [0.3, 0.4) is 0 Å². The van der Waals surface area contributed by atoms with Crippen LogP contribution in [-0.4, -0.2) is 66.0 Å². The van der Waals surface area contributed by atoms with Crippen LogP contribution in [0.15, 0.2) is 29.6 Å². The van der Waals surface area contributed by atoms with E-state index in [4.69, 9.17) is 4.74 Å². The lowest BCUT2D eigenvalue weighted by Gasteiger charge is -2.36. The highest BCUT2D eigenvalue weighted by atomic mass is 32.1. The zero-order valence-corrected chi connectivity index (χ0v) is 18.5. The lowest BCUT2D eigenvalue weighted by Crippen LogP contribution is -2.49. The second kappa shape index (κ2) is 9.27. The second-order valence-corrected chi connectivity index (χ2v) is 9.20. The van der Waals surface area contributed by atoms with Crippen molar-refractivity contribution in [2.45, 2.75) is 32.6 Å². The van der Waals surface area contributed by atoms with E-state index in [-0.39, 0.29) is 17.7 Å². The summed E-state index contributed by atoms with van der Waals surface area (Å²) in [7, 11) is 0. The molecule has 0 N–H and O–H groups in total. The Balaban J connectivity index is 1.42.